The van der Waals surface area contributed by atoms with Crippen molar-refractivity contribution in [2.24, 2.45) is 0 Å². The quantitative estimate of drug-likeness (QED) is 0.693. The molecule has 0 fully saturated rings. The zero-order valence-corrected chi connectivity index (χ0v) is 11.7. The Labute approximate surface area is 123 Å². The number of nitrogen functional groups attached to an aromatic ring is 1. The summed E-state index contributed by atoms with van der Waals surface area (Å²) >= 11 is 0. The van der Waals surface area contributed by atoms with Crippen molar-refractivity contribution in [1.82, 2.24) is 9.97 Å². The van der Waals surface area contributed by atoms with Crippen LogP contribution in [-0.4, -0.2) is 16.5 Å². The third-order valence-corrected chi connectivity index (χ3v) is 4.00. The summed E-state index contributed by atoms with van der Waals surface area (Å²) in [4.78, 5) is 11.2. The molecule has 0 atom stereocenters. The molecule has 4 rings (SSSR count). The molecule has 4 heteroatoms. The fraction of sp³-hybridized carbons (Fsp3) is 0.176. The summed E-state index contributed by atoms with van der Waals surface area (Å²) in [6.07, 6.45) is 3.88. The van der Waals surface area contributed by atoms with Crippen LogP contribution in [0.5, 0.6) is 0 Å². The van der Waals surface area contributed by atoms with Gasteiger partial charge < -0.3 is 10.6 Å². The zero-order valence-electron chi connectivity index (χ0n) is 11.7. The predicted molar refractivity (Wildman–Crippen MR) is 85.7 cm³/mol. The van der Waals surface area contributed by atoms with Gasteiger partial charge in [-0.25, -0.2) is 9.97 Å². The summed E-state index contributed by atoms with van der Waals surface area (Å²) in [5.74, 6) is 0.944. The SMILES string of the molecule is Nc1ccc2ncnc(N3CCCc4ccccc43)c2c1. The molecule has 1 aliphatic heterocycles. The van der Waals surface area contributed by atoms with E-state index in [0.717, 1.165) is 41.8 Å². The fourth-order valence-electron chi connectivity index (χ4n) is 3.03. The van der Waals surface area contributed by atoms with E-state index in [9.17, 15) is 0 Å². The van der Waals surface area contributed by atoms with Crippen LogP contribution in [0.1, 0.15) is 12.0 Å². The van der Waals surface area contributed by atoms with Gasteiger partial charge in [-0.15, -0.1) is 0 Å². The molecule has 0 unspecified atom stereocenters. The molecule has 0 saturated heterocycles. The summed E-state index contributed by atoms with van der Waals surface area (Å²) in [6, 6.07) is 14.3. The molecule has 1 aliphatic rings. The highest BCUT2D eigenvalue weighted by Gasteiger charge is 2.20. The molecule has 0 spiro atoms. The first-order valence-electron chi connectivity index (χ1n) is 7.18. The molecule has 4 nitrogen and oxygen atoms in total. The van der Waals surface area contributed by atoms with Gasteiger partial charge in [-0.3, -0.25) is 0 Å². The molecule has 1 aromatic heterocycles. The van der Waals surface area contributed by atoms with Crippen LogP contribution in [0.15, 0.2) is 48.8 Å². The summed E-state index contributed by atoms with van der Waals surface area (Å²) in [5.41, 5.74) is 10.2. The molecule has 0 radical (unpaired) electrons. The van der Waals surface area contributed by atoms with E-state index < -0.39 is 0 Å². The van der Waals surface area contributed by atoms with Crippen molar-refractivity contribution in [3.63, 3.8) is 0 Å². The molecule has 0 amide bonds. The Hall–Kier alpha value is -2.62. The van der Waals surface area contributed by atoms with Crippen molar-refractivity contribution in [2.75, 3.05) is 17.2 Å². The monoisotopic (exact) mass is 276 g/mol. The number of nitrogens with zero attached hydrogens (tertiary/aromatic N) is 3. The Bertz CT molecular complexity index is 813. The minimum absolute atomic E-state index is 0.740. The van der Waals surface area contributed by atoms with Crippen LogP contribution < -0.4 is 10.6 Å². The van der Waals surface area contributed by atoms with Crippen molar-refractivity contribution in [1.29, 1.82) is 0 Å². The Morgan fingerprint density at radius 1 is 1.05 bits per heavy atom. The van der Waals surface area contributed by atoms with E-state index in [1.807, 2.05) is 18.2 Å². The van der Waals surface area contributed by atoms with Gasteiger partial charge in [0.15, 0.2) is 0 Å². The van der Waals surface area contributed by atoms with Crippen molar-refractivity contribution in [3.05, 3.63) is 54.4 Å². The van der Waals surface area contributed by atoms with Gasteiger partial charge in [-0.2, -0.15) is 0 Å². The van der Waals surface area contributed by atoms with Crippen LogP contribution >= 0.6 is 0 Å². The van der Waals surface area contributed by atoms with E-state index in [1.165, 1.54) is 11.3 Å². The summed E-state index contributed by atoms with van der Waals surface area (Å²) in [6.45, 7) is 0.970. The number of aryl methyl sites for hydroxylation is 1. The average Bonchev–Trinajstić information content (AvgIpc) is 2.54. The van der Waals surface area contributed by atoms with Gasteiger partial charge >= 0.3 is 0 Å². The second-order valence-electron chi connectivity index (χ2n) is 5.36. The second-order valence-corrected chi connectivity index (χ2v) is 5.36. The molecule has 3 aromatic rings. The van der Waals surface area contributed by atoms with Crippen molar-refractivity contribution >= 4 is 28.1 Å². The summed E-state index contributed by atoms with van der Waals surface area (Å²) in [5, 5.41) is 1.01. The Morgan fingerprint density at radius 3 is 2.90 bits per heavy atom. The number of nitrogens with two attached hydrogens (primary N) is 1. The van der Waals surface area contributed by atoms with Crippen molar-refractivity contribution in [3.8, 4) is 0 Å². The smallest absolute Gasteiger partial charge is 0.144 e. The molecule has 2 heterocycles. The molecular weight excluding hydrogens is 260 g/mol. The molecule has 104 valence electrons. The largest absolute Gasteiger partial charge is 0.399 e. The molecule has 0 bridgehead atoms. The third-order valence-electron chi connectivity index (χ3n) is 4.00. The number of rotatable bonds is 1. The van der Waals surface area contributed by atoms with E-state index in [2.05, 4.69) is 39.1 Å². The number of benzene rings is 2. The van der Waals surface area contributed by atoms with Gasteiger partial charge in [0.05, 0.1) is 5.52 Å². The summed E-state index contributed by atoms with van der Waals surface area (Å²) < 4.78 is 0. The normalized spacial score (nSPS) is 14.2. The third kappa shape index (κ3) is 2.00. The first kappa shape index (κ1) is 12.1. The van der Waals surface area contributed by atoms with Gasteiger partial charge in [0.2, 0.25) is 0 Å². The lowest BCUT2D eigenvalue weighted by Crippen LogP contribution is -2.25. The van der Waals surface area contributed by atoms with Gasteiger partial charge in [0.1, 0.15) is 12.1 Å². The standard InChI is InChI=1S/C17H16N4/c18-13-7-8-15-14(10-13)17(20-11-19-15)21-9-3-5-12-4-1-2-6-16(12)21/h1-2,4,6-8,10-11H,3,5,9,18H2. The number of fused-ring (bicyclic) bond motifs is 2. The molecular formula is C17H16N4. The number of hydrogen-bond acceptors (Lipinski definition) is 4. The Balaban J connectivity index is 1.94. The lowest BCUT2D eigenvalue weighted by Gasteiger charge is -2.31. The Kier molecular flexibility index (Phi) is 2.74. The first-order chi connectivity index (χ1) is 10.3. The van der Waals surface area contributed by atoms with Crippen LogP contribution in [0.2, 0.25) is 0 Å². The van der Waals surface area contributed by atoms with Gasteiger partial charge in [0, 0.05) is 23.3 Å². The first-order valence-corrected chi connectivity index (χ1v) is 7.18. The molecule has 0 aliphatic carbocycles. The predicted octanol–water partition coefficient (Wildman–Crippen LogP) is 3.30. The van der Waals surface area contributed by atoms with Crippen molar-refractivity contribution in [2.45, 2.75) is 12.8 Å². The second kappa shape index (κ2) is 4.74. The van der Waals surface area contributed by atoms with E-state index in [1.54, 1.807) is 6.33 Å². The van der Waals surface area contributed by atoms with E-state index in [0.29, 0.717) is 0 Å². The highest BCUT2D eigenvalue weighted by molar-refractivity contribution is 5.93. The lowest BCUT2D eigenvalue weighted by atomic mass is 10.0. The highest BCUT2D eigenvalue weighted by atomic mass is 15.2. The number of hydrogen-bond donors (Lipinski definition) is 1. The minimum Gasteiger partial charge on any atom is -0.399 e. The van der Waals surface area contributed by atoms with Crippen LogP contribution in [0.3, 0.4) is 0 Å². The maximum Gasteiger partial charge on any atom is 0.144 e. The van der Waals surface area contributed by atoms with E-state index >= 15 is 0 Å². The molecule has 2 N–H and O–H groups in total. The molecule has 0 saturated carbocycles. The van der Waals surface area contributed by atoms with Gasteiger partial charge in [0.25, 0.3) is 0 Å². The van der Waals surface area contributed by atoms with Crippen LogP contribution in [0.25, 0.3) is 10.9 Å². The number of para-hydroxylation sites is 1. The van der Waals surface area contributed by atoms with Crippen molar-refractivity contribution < 1.29 is 0 Å². The highest BCUT2D eigenvalue weighted by Crippen LogP contribution is 2.35. The zero-order chi connectivity index (χ0) is 14.2. The molecule has 21 heavy (non-hydrogen) atoms. The Morgan fingerprint density at radius 2 is 1.95 bits per heavy atom. The maximum absolute atomic E-state index is 5.94. The van der Waals surface area contributed by atoms with E-state index in [4.69, 9.17) is 5.73 Å². The maximum atomic E-state index is 5.94. The minimum atomic E-state index is 0.740. The fourth-order valence-corrected chi connectivity index (χ4v) is 3.03. The summed E-state index contributed by atoms with van der Waals surface area (Å²) in [7, 11) is 0. The lowest BCUT2D eigenvalue weighted by molar-refractivity contribution is 0.761. The topological polar surface area (TPSA) is 55.0 Å². The number of aromatic nitrogens is 2. The van der Waals surface area contributed by atoms with Crippen LogP contribution in [-0.2, 0) is 6.42 Å². The average molecular weight is 276 g/mol. The van der Waals surface area contributed by atoms with Gasteiger partial charge in [-0.1, -0.05) is 18.2 Å². The van der Waals surface area contributed by atoms with E-state index in [-0.39, 0.29) is 0 Å². The number of anilines is 3. The van der Waals surface area contributed by atoms with Gasteiger partial charge in [-0.05, 0) is 42.7 Å². The molecule has 2 aromatic carbocycles. The van der Waals surface area contributed by atoms with Crippen LogP contribution in [0, 0.1) is 0 Å². The van der Waals surface area contributed by atoms with Crippen LogP contribution in [0.4, 0.5) is 17.2 Å².